The summed E-state index contributed by atoms with van der Waals surface area (Å²) >= 11 is 0. The lowest BCUT2D eigenvalue weighted by Gasteiger charge is -2.24. The zero-order valence-corrected chi connectivity index (χ0v) is 20.7. The molecule has 0 spiro atoms. The summed E-state index contributed by atoms with van der Waals surface area (Å²) < 4.78 is 27.6. The Morgan fingerprint density at radius 1 is 1.06 bits per heavy atom. The van der Waals surface area contributed by atoms with Gasteiger partial charge in [-0.15, -0.1) is 10.2 Å². The highest BCUT2D eigenvalue weighted by Crippen LogP contribution is 2.41. The monoisotopic (exact) mass is 489 g/mol. The molecule has 0 saturated heterocycles. The molecular weight excluding hydrogens is 462 g/mol. The minimum Gasteiger partial charge on any atom is -0.493 e. The molecule has 0 N–H and O–H groups in total. The van der Waals surface area contributed by atoms with E-state index in [1.165, 1.54) is 21.3 Å². The molecule has 1 aliphatic rings. The average Bonchev–Trinajstić information content (AvgIpc) is 3.38. The van der Waals surface area contributed by atoms with Gasteiger partial charge in [0, 0.05) is 16.6 Å². The number of hydrogen-bond acceptors (Lipinski definition) is 9. The fourth-order valence-electron chi connectivity index (χ4n) is 4.63. The van der Waals surface area contributed by atoms with E-state index in [0.717, 1.165) is 41.4 Å². The van der Waals surface area contributed by atoms with Gasteiger partial charge < -0.3 is 23.4 Å². The number of methoxy groups -OCH3 is 3. The maximum Gasteiger partial charge on any atom is 0.339 e. The summed E-state index contributed by atoms with van der Waals surface area (Å²) in [4.78, 5) is 18.1. The van der Waals surface area contributed by atoms with Crippen LogP contribution in [0.25, 0.3) is 22.4 Å². The molecule has 0 aliphatic heterocycles. The highest BCUT2D eigenvalue weighted by atomic mass is 16.5. The zero-order chi connectivity index (χ0) is 25.2. The second-order valence-electron chi connectivity index (χ2n) is 8.77. The minimum atomic E-state index is -0.425. The predicted octanol–water partition coefficient (Wildman–Crippen LogP) is 4.79. The predicted molar refractivity (Wildman–Crippen MR) is 131 cm³/mol. The smallest absolute Gasteiger partial charge is 0.339 e. The van der Waals surface area contributed by atoms with E-state index in [4.69, 9.17) is 28.3 Å². The lowest BCUT2D eigenvalue weighted by molar-refractivity contribution is 0.0439. The van der Waals surface area contributed by atoms with Gasteiger partial charge in [0.15, 0.2) is 18.1 Å². The number of aryl methyl sites for hydroxylation is 1. The Bertz CT molecular complexity index is 1410. The van der Waals surface area contributed by atoms with Crippen molar-refractivity contribution in [2.24, 2.45) is 5.92 Å². The second kappa shape index (κ2) is 9.85. The van der Waals surface area contributed by atoms with Crippen LogP contribution in [0.5, 0.6) is 17.2 Å². The van der Waals surface area contributed by atoms with Crippen molar-refractivity contribution in [1.82, 2.24) is 15.2 Å². The van der Waals surface area contributed by atoms with Crippen LogP contribution in [0.3, 0.4) is 0 Å². The average molecular weight is 490 g/mol. The van der Waals surface area contributed by atoms with Crippen LogP contribution in [0.2, 0.25) is 0 Å². The molecule has 2 aromatic carbocycles. The number of nitrogens with zero attached hydrogens (tertiary/aromatic N) is 3. The maximum atomic E-state index is 13.3. The van der Waals surface area contributed by atoms with Crippen LogP contribution in [0, 0.1) is 5.92 Å². The molecule has 9 nitrogen and oxygen atoms in total. The highest BCUT2D eigenvalue weighted by Gasteiger charge is 2.26. The molecule has 0 fully saturated rings. The van der Waals surface area contributed by atoms with Gasteiger partial charge >= 0.3 is 5.97 Å². The molecule has 1 aliphatic carbocycles. The number of aromatic nitrogens is 3. The number of benzene rings is 2. The molecule has 0 amide bonds. The minimum absolute atomic E-state index is 0.156. The lowest BCUT2D eigenvalue weighted by Crippen LogP contribution is -2.19. The third-order valence-electron chi connectivity index (χ3n) is 6.41. The van der Waals surface area contributed by atoms with E-state index >= 15 is 0 Å². The quantitative estimate of drug-likeness (QED) is 0.339. The van der Waals surface area contributed by atoms with E-state index in [2.05, 4.69) is 17.1 Å². The zero-order valence-electron chi connectivity index (χ0n) is 20.7. The van der Waals surface area contributed by atoms with Gasteiger partial charge in [0.05, 0.1) is 32.4 Å². The van der Waals surface area contributed by atoms with Gasteiger partial charge in [-0.05, 0) is 48.9 Å². The van der Waals surface area contributed by atoms with Gasteiger partial charge in [0.1, 0.15) is 0 Å². The molecule has 4 aromatic rings. The summed E-state index contributed by atoms with van der Waals surface area (Å²) in [6, 6.07) is 11.1. The normalized spacial score (nSPS) is 14.8. The van der Waals surface area contributed by atoms with Crippen molar-refractivity contribution in [2.45, 2.75) is 32.8 Å². The van der Waals surface area contributed by atoms with E-state index in [0.29, 0.717) is 34.3 Å². The molecule has 1 unspecified atom stereocenters. The molecule has 2 heterocycles. The first-order valence-electron chi connectivity index (χ1n) is 11.7. The number of fused-ring (bicyclic) bond motifs is 2. The Morgan fingerprint density at radius 3 is 2.53 bits per heavy atom. The number of pyridine rings is 1. The number of carbonyl (C=O) groups is 1. The summed E-state index contributed by atoms with van der Waals surface area (Å²) in [6.45, 7) is 2.04. The van der Waals surface area contributed by atoms with Gasteiger partial charge in [0.2, 0.25) is 11.6 Å². The first-order valence-corrected chi connectivity index (χ1v) is 11.7. The first-order chi connectivity index (χ1) is 17.5. The van der Waals surface area contributed by atoms with Crippen LogP contribution < -0.4 is 14.2 Å². The fourth-order valence-corrected chi connectivity index (χ4v) is 4.63. The Morgan fingerprint density at radius 2 is 1.81 bits per heavy atom. The highest BCUT2D eigenvalue weighted by molar-refractivity contribution is 6.05. The molecule has 0 bridgehead atoms. The Kier molecular flexibility index (Phi) is 6.45. The summed E-state index contributed by atoms with van der Waals surface area (Å²) in [5, 5.41) is 8.95. The molecule has 2 aromatic heterocycles. The van der Waals surface area contributed by atoms with Crippen LogP contribution in [0.1, 0.15) is 40.9 Å². The van der Waals surface area contributed by atoms with Gasteiger partial charge in [0.25, 0.3) is 5.89 Å². The third-order valence-corrected chi connectivity index (χ3v) is 6.41. The van der Waals surface area contributed by atoms with E-state index in [9.17, 15) is 4.79 Å². The van der Waals surface area contributed by atoms with E-state index in [1.54, 1.807) is 12.1 Å². The summed E-state index contributed by atoms with van der Waals surface area (Å²) in [6.07, 6.45) is 2.70. The molecule has 5 rings (SSSR count). The van der Waals surface area contributed by atoms with Crippen LogP contribution >= 0.6 is 0 Å². The summed E-state index contributed by atoms with van der Waals surface area (Å²) in [7, 11) is 4.59. The molecule has 186 valence electrons. The van der Waals surface area contributed by atoms with E-state index < -0.39 is 5.97 Å². The Labute approximate surface area is 208 Å². The number of ether oxygens (including phenoxy) is 4. The van der Waals surface area contributed by atoms with Crippen molar-refractivity contribution in [3.8, 4) is 28.7 Å². The fraction of sp³-hybridized carbons (Fsp3) is 0.333. The van der Waals surface area contributed by atoms with E-state index in [-0.39, 0.29) is 18.4 Å². The molecular formula is C27H27N3O6. The van der Waals surface area contributed by atoms with Crippen molar-refractivity contribution in [1.29, 1.82) is 0 Å². The number of carbonyl (C=O) groups excluding carboxylic acids is 1. The van der Waals surface area contributed by atoms with Crippen molar-refractivity contribution in [3.05, 3.63) is 59.1 Å². The van der Waals surface area contributed by atoms with Crippen molar-refractivity contribution in [2.75, 3.05) is 21.3 Å². The second-order valence-corrected chi connectivity index (χ2v) is 8.77. The third kappa shape index (κ3) is 4.32. The van der Waals surface area contributed by atoms with Crippen molar-refractivity contribution < 1.29 is 28.2 Å². The van der Waals surface area contributed by atoms with Crippen LogP contribution in [-0.2, 0) is 24.2 Å². The largest absolute Gasteiger partial charge is 0.493 e. The molecule has 0 saturated carbocycles. The lowest BCUT2D eigenvalue weighted by atomic mass is 9.84. The van der Waals surface area contributed by atoms with Gasteiger partial charge in [-0.3, -0.25) is 4.98 Å². The first kappa shape index (κ1) is 23.6. The molecule has 1 atom stereocenters. The summed E-state index contributed by atoms with van der Waals surface area (Å²) in [5.41, 5.74) is 3.90. The standard InChI is InChI=1S/C27H27N3O6/c1-15-9-10-20-18(11-15)24(17-7-5-6-8-19(17)28-20)27(31)35-14-23-29-30-26(36-23)16-12-21(32-2)25(34-4)22(13-16)33-3/h5-8,12-13,15H,9-11,14H2,1-4H3. The van der Waals surface area contributed by atoms with Crippen LogP contribution in [0.15, 0.2) is 40.8 Å². The number of esters is 1. The topological polar surface area (TPSA) is 106 Å². The van der Waals surface area contributed by atoms with E-state index in [1.807, 2.05) is 24.3 Å². The summed E-state index contributed by atoms with van der Waals surface area (Å²) in [5.74, 6) is 1.84. The number of hydrogen-bond donors (Lipinski definition) is 0. The number of rotatable bonds is 7. The van der Waals surface area contributed by atoms with Gasteiger partial charge in [-0.2, -0.15) is 0 Å². The maximum absolute atomic E-state index is 13.3. The van der Waals surface area contributed by atoms with Gasteiger partial charge in [-0.1, -0.05) is 25.1 Å². The number of para-hydroxylation sites is 1. The van der Waals surface area contributed by atoms with Crippen LogP contribution in [0.4, 0.5) is 0 Å². The molecule has 9 heteroatoms. The molecule has 0 radical (unpaired) electrons. The van der Waals surface area contributed by atoms with Crippen molar-refractivity contribution in [3.63, 3.8) is 0 Å². The SMILES string of the molecule is COc1cc(-c2nnc(COC(=O)c3c4c(nc5ccccc35)CCC(C)C4)o2)cc(OC)c1OC. The Hall–Kier alpha value is -4.14. The van der Waals surface area contributed by atoms with Gasteiger partial charge in [-0.25, -0.2) is 4.79 Å². The van der Waals surface area contributed by atoms with Crippen molar-refractivity contribution >= 4 is 16.9 Å². The van der Waals surface area contributed by atoms with Crippen LogP contribution in [-0.4, -0.2) is 42.5 Å². The molecule has 36 heavy (non-hydrogen) atoms. The Balaban J connectivity index is 1.40.